The number of anilines is 2. The van der Waals surface area contributed by atoms with Gasteiger partial charge in [-0.15, -0.1) is 0 Å². The van der Waals surface area contributed by atoms with E-state index in [1.54, 1.807) is 11.8 Å². The smallest absolute Gasteiger partial charge is 0.164 e. The second-order valence-electron chi connectivity index (χ2n) is 5.03. The van der Waals surface area contributed by atoms with E-state index in [-0.39, 0.29) is 0 Å². The van der Waals surface area contributed by atoms with Crippen molar-refractivity contribution in [3.63, 3.8) is 0 Å². The molecule has 4 heteroatoms. The van der Waals surface area contributed by atoms with Gasteiger partial charge in [-0.3, -0.25) is 0 Å². The first-order chi connectivity index (χ1) is 9.70. The Bertz CT molecular complexity index is 773. The highest BCUT2D eigenvalue weighted by Crippen LogP contribution is 2.42. The normalized spacial score (nSPS) is 12.7. The van der Waals surface area contributed by atoms with Crippen molar-refractivity contribution in [2.24, 2.45) is 0 Å². The summed E-state index contributed by atoms with van der Waals surface area (Å²) in [4.78, 5) is 10.7. The van der Waals surface area contributed by atoms with Crippen molar-refractivity contribution in [3.8, 4) is 0 Å². The number of rotatable bonds is 0. The average molecular weight is 279 g/mol. The van der Waals surface area contributed by atoms with Crippen LogP contribution in [0.15, 0.2) is 46.3 Å². The first-order valence-corrected chi connectivity index (χ1v) is 7.35. The number of benzene rings is 2. The lowest BCUT2D eigenvalue weighted by Gasteiger charge is -2.19. The van der Waals surface area contributed by atoms with E-state index in [1.165, 1.54) is 16.0 Å². The number of para-hydroxylation sites is 1. The first-order valence-electron chi connectivity index (χ1n) is 6.53. The zero-order valence-corrected chi connectivity index (χ0v) is 12.1. The van der Waals surface area contributed by atoms with Gasteiger partial charge in [0.15, 0.2) is 5.82 Å². The predicted molar refractivity (Wildman–Crippen MR) is 82.9 cm³/mol. The summed E-state index contributed by atoms with van der Waals surface area (Å²) in [5, 5.41) is 4.32. The minimum Gasteiger partial charge on any atom is -0.337 e. The topological polar surface area (TPSA) is 37.8 Å². The van der Waals surface area contributed by atoms with Gasteiger partial charge in [-0.25, -0.2) is 9.97 Å². The summed E-state index contributed by atoms with van der Waals surface area (Å²) in [5.41, 5.74) is 5.50. The minimum atomic E-state index is 0.851. The molecule has 1 aromatic heterocycles. The van der Waals surface area contributed by atoms with Gasteiger partial charge in [-0.1, -0.05) is 23.9 Å². The van der Waals surface area contributed by atoms with Crippen LogP contribution in [-0.4, -0.2) is 9.97 Å². The Kier molecular flexibility index (Phi) is 2.47. The quantitative estimate of drug-likeness (QED) is 0.516. The van der Waals surface area contributed by atoms with E-state index in [2.05, 4.69) is 43.4 Å². The molecule has 0 spiro atoms. The van der Waals surface area contributed by atoms with Gasteiger partial charge in [0.2, 0.25) is 0 Å². The van der Waals surface area contributed by atoms with Crippen LogP contribution in [0, 0.1) is 13.8 Å². The van der Waals surface area contributed by atoms with Gasteiger partial charge < -0.3 is 5.32 Å². The molecule has 0 saturated carbocycles. The molecule has 0 fully saturated rings. The summed E-state index contributed by atoms with van der Waals surface area (Å²) >= 11 is 1.67. The molecule has 0 radical (unpaired) electrons. The van der Waals surface area contributed by atoms with Crippen LogP contribution < -0.4 is 5.32 Å². The number of hydrogen-bond acceptors (Lipinski definition) is 4. The summed E-state index contributed by atoms with van der Waals surface area (Å²) in [6, 6.07) is 12.4. The molecule has 0 amide bonds. The van der Waals surface area contributed by atoms with Gasteiger partial charge in [0, 0.05) is 4.90 Å². The van der Waals surface area contributed by atoms with E-state index in [9.17, 15) is 0 Å². The zero-order valence-electron chi connectivity index (χ0n) is 11.3. The number of nitrogens with one attached hydrogen (secondary N) is 1. The summed E-state index contributed by atoms with van der Waals surface area (Å²) in [6.07, 6.45) is 0. The zero-order chi connectivity index (χ0) is 13.7. The predicted octanol–water partition coefficient (Wildman–Crippen LogP) is 4.45. The van der Waals surface area contributed by atoms with Crippen LogP contribution >= 0.6 is 11.8 Å². The maximum atomic E-state index is 4.75. The third-order valence-corrected chi connectivity index (χ3v) is 4.65. The highest BCUT2D eigenvalue weighted by molar-refractivity contribution is 7.99. The molecule has 1 N–H and O–H groups in total. The van der Waals surface area contributed by atoms with E-state index in [4.69, 9.17) is 9.97 Å². The summed E-state index contributed by atoms with van der Waals surface area (Å²) < 4.78 is 0. The second kappa shape index (κ2) is 4.21. The molecule has 4 rings (SSSR count). The molecule has 0 bridgehead atoms. The molecule has 3 aromatic rings. The highest BCUT2D eigenvalue weighted by atomic mass is 32.2. The van der Waals surface area contributed by atoms with Gasteiger partial charge in [0.1, 0.15) is 5.03 Å². The molecule has 2 heterocycles. The number of aromatic nitrogens is 2. The fourth-order valence-electron chi connectivity index (χ4n) is 2.34. The SMILES string of the molecule is Cc1cc2nc3c(nc2cc1C)Sc1ccccc1N3. The Morgan fingerprint density at radius 3 is 2.45 bits per heavy atom. The fraction of sp³-hybridized carbons (Fsp3) is 0.125. The van der Waals surface area contributed by atoms with Crippen LogP contribution in [0.3, 0.4) is 0 Å². The maximum Gasteiger partial charge on any atom is 0.164 e. The van der Waals surface area contributed by atoms with Crippen LogP contribution in [0.1, 0.15) is 11.1 Å². The van der Waals surface area contributed by atoms with Crippen molar-refractivity contribution in [1.29, 1.82) is 0 Å². The Morgan fingerprint density at radius 1 is 0.950 bits per heavy atom. The largest absolute Gasteiger partial charge is 0.337 e. The van der Waals surface area contributed by atoms with E-state index in [1.807, 2.05) is 12.1 Å². The van der Waals surface area contributed by atoms with Gasteiger partial charge >= 0.3 is 0 Å². The van der Waals surface area contributed by atoms with Gasteiger partial charge in [-0.05, 0) is 49.2 Å². The molecule has 0 unspecified atom stereocenters. The maximum absolute atomic E-state index is 4.75. The van der Waals surface area contributed by atoms with Crippen molar-refractivity contribution in [1.82, 2.24) is 9.97 Å². The van der Waals surface area contributed by atoms with Crippen LogP contribution in [0.5, 0.6) is 0 Å². The van der Waals surface area contributed by atoms with E-state index in [0.717, 1.165) is 27.6 Å². The molecule has 0 aliphatic carbocycles. The number of hydrogen-bond donors (Lipinski definition) is 1. The third-order valence-electron chi connectivity index (χ3n) is 3.59. The third kappa shape index (κ3) is 1.76. The highest BCUT2D eigenvalue weighted by Gasteiger charge is 2.18. The Hall–Kier alpha value is -2.07. The lowest BCUT2D eigenvalue weighted by molar-refractivity contribution is 1.10. The van der Waals surface area contributed by atoms with Crippen molar-refractivity contribution in [2.75, 3.05) is 5.32 Å². The average Bonchev–Trinajstić information content (AvgIpc) is 2.44. The molecule has 1 aliphatic heterocycles. The minimum absolute atomic E-state index is 0.851. The lowest BCUT2D eigenvalue weighted by Crippen LogP contribution is -2.04. The first kappa shape index (κ1) is 11.7. The van der Waals surface area contributed by atoms with Crippen molar-refractivity contribution in [3.05, 3.63) is 47.5 Å². The Morgan fingerprint density at radius 2 is 1.65 bits per heavy atom. The summed E-state index contributed by atoms with van der Waals surface area (Å²) in [6.45, 7) is 4.21. The van der Waals surface area contributed by atoms with Crippen molar-refractivity contribution >= 4 is 34.3 Å². The molecule has 20 heavy (non-hydrogen) atoms. The van der Waals surface area contributed by atoms with Crippen LogP contribution in [0.25, 0.3) is 11.0 Å². The standard InChI is InChI=1S/C16H13N3S/c1-9-7-12-13(8-10(9)2)19-16-15(18-12)17-11-5-3-4-6-14(11)20-16/h3-8H,1-2H3,(H,17,18). The van der Waals surface area contributed by atoms with Gasteiger partial charge in [-0.2, -0.15) is 0 Å². The Balaban J connectivity index is 1.92. The fourth-order valence-corrected chi connectivity index (χ4v) is 3.26. The van der Waals surface area contributed by atoms with E-state index < -0.39 is 0 Å². The molecular weight excluding hydrogens is 266 g/mol. The molecule has 0 atom stereocenters. The lowest BCUT2D eigenvalue weighted by atomic mass is 10.1. The molecular formula is C16H13N3S. The Labute approximate surface area is 121 Å². The molecule has 0 saturated heterocycles. The van der Waals surface area contributed by atoms with Gasteiger partial charge in [0.05, 0.1) is 16.7 Å². The van der Waals surface area contributed by atoms with Gasteiger partial charge in [0.25, 0.3) is 0 Å². The molecule has 2 aromatic carbocycles. The molecule has 98 valence electrons. The number of aryl methyl sites for hydroxylation is 2. The number of fused-ring (bicyclic) bond motifs is 3. The number of nitrogens with zero attached hydrogens (tertiary/aromatic N) is 2. The van der Waals surface area contributed by atoms with E-state index >= 15 is 0 Å². The second-order valence-corrected chi connectivity index (χ2v) is 6.06. The summed E-state index contributed by atoms with van der Waals surface area (Å²) in [5.74, 6) is 0.851. The van der Waals surface area contributed by atoms with Crippen LogP contribution in [0.2, 0.25) is 0 Å². The van der Waals surface area contributed by atoms with Crippen LogP contribution in [0.4, 0.5) is 11.5 Å². The summed E-state index contributed by atoms with van der Waals surface area (Å²) in [7, 11) is 0. The molecule has 1 aliphatic rings. The van der Waals surface area contributed by atoms with Crippen LogP contribution in [-0.2, 0) is 0 Å². The monoisotopic (exact) mass is 279 g/mol. The molecule has 3 nitrogen and oxygen atoms in total. The van der Waals surface area contributed by atoms with Crippen molar-refractivity contribution in [2.45, 2.75) is 23.8 Å². The van der Waals surface area contributed by atoms with E-state index in [0.29, 0.717) is 0 Å². The van der Waals surface area contributed by atoms with Crippen molar-refractivity contribution < 1.29 is 0 Å².